The molecule has 2 amide bonds. The van der Waals surface area contributed by atoms with Gasteiger partial charge >= 0.3 is 0 Å². The van der Waals surface area contributed by atoms with Crippen LogP contribution in [0.25, 0.3) is 0 Å². The molecule has 0 aromatic heterocycles. The van der Waals surface area contributed by atoms with E-state index < -0.39 is 27.4 Å². The number of benzene rings is 2. The molecule has 0 bridgehead atoms. The third-order valence-electron chi connectivity index (χ3n) is 5.54. The Kier molecular flexibility index (Phi) is 6.25. The molecule has 0 saturated carbocycles. The van der Waals surface area contributed by atoms with Gasteiger partial charge in [0.2, 0.25) is 21.8 Å². The molecule has 7 nitrogen and oxygen atoms in total. The average Bonchev–Trinajstić information content (AvgIpc) is 2.65. The monoisotopic (exact) mass is 443 g/mol. The Morgan fingerprint density at radius 1 is 1.03 bits per heavy atom. The van der Waals surface area contributed by atoms with E-state index in [1.54, 1.807) is 6.92 Å². The van der Waals surface area contributed by atoms with Gasteiger partial charge in [-0.25, -0.2) is 8.42 Å². The summed E-state index contributed by atoms with van der Waals surface area (Å²) in [5.74, 6) is -0.844. The zero-order chi connectivity index (χ0) is 23.0. The van der Waals surface area contributed by atoms with Gasteiger partial charge in [-0.2, -0.15) is 4.31 Å². The minimum absolute atomic E-state index is 0.121. The first-order valence-corrected chi connectivity index (χ1v) is 12.0. The maximum atomic E-state index is 13.4. The van der Waals surface area contributed by atoms with Crippen molar-refractivity contribution in [2.24, 2.45) is 0 Å². The van der Waals surface area contributed by atoms with Gasteiger partial charge in [-0.1, -0.05) is 35.9 Å². The van der Waals surface area contributed by atoms with Gasteiger partial charge in [0, 0.05) is 18.8 Å². The van der Waals surface area contributed by atoms with E-state index in [9.17, 15) is 18.0 Å². The molecule has 3 rings (SSSR count). The summed E-state index contributed by atoms with van der Waals surface area (Å²) < 4.78 is 25.5. The maximum Gasteiger partial charge on any atom is 0.247 e. The van der Waals surface area contributed by atoms with Gasteiger partial charge in [0.25, 0.3) is 0 Å². The van der Waals surface area contributed by atoms with Crippen molar-refractivity contribution in [2.45, 2.75) is 39.8 Å². The fourth-order valence-corrected chi connectivity index (χ4v) is 4.79. The molecule has 166 valence electrons. The summed E-state index contributed by atoms with van der Waals surface area (Å²) in [6.45, 7) is 7.30. The molecule has 2 aromatic carbocycles. The van der Waals surface area contributed by atoms with Crippen LogP contribution >= 0.6 is 0 Å². The Hall–Kier alpha value is -2.71. The third kappa shape index (κ3) is 4.97. The smallest absolute Gasteiger partial charge is 0.247 e. The lowest BCUT2D eigenvalue weighted by Crippen LogP contribution is -2.70. The lowest BCUT2D eigenvalue weighted by Gasteiger charge is -2.46. The summed E-state index contributed by atoms with van der Waals surface area (Å²) in [7, 11) is -3.65. The van der Waals surface area contributed by atoms with E-state index in [1.807, 2.05) is 63.2 Å². The van der Waals surface area contributed by atoms with Gasteiger partial charge in [-0.15, -0.1) is 0 Å². The second-order valence-corrected chi connectivity index (χ2v) is 10.5. The third-order valence-corrected chi connectivity index (χ3v) is 6.73. The Morgan fingerprint density at radius 3 is 2.16 bits per heavy atom. The molecule has 0 unspecified atom stereocenters. The van der Waals surface area contributed by atoms with Gasteiger partial charge in [0.15, 0.2) is 0 Å². The molecule has 31 heavy (non-hydrogen) atoms. The van der Waals surface area contributed by atoms with Crippen molar-refractivity contribution in [3.05, 3.63) is 64.7 Å². The Bertz CT molecular complexity index is 1090. The second kappa shape index (κ2) is 8.43. The van der Waals surface area contributed by atoms with E-state index in [4.69, 9.17) is 0 Å². The lowest BCUT2D eigenvalue weighted by atomic mass is 9.93. The van der Waals surface area contributed by atoms with Gasteiger partial charge in [-0.3, -0.25) is 14.5 Å². The molecule has 1 aliphatic heterocycles. The quantitative estimate of drug-likeness (QED) is 0.768. The fourth-order valence-electron chi connectivity index (χ4n) is 3.96. The molecule has 1 aliphatic rings. The highest BCUT2D eigenvalue weighted by Gasteiger charge is 2.50. The summed E-state index contributed by atoms with van der Waals surface area (Å²) in [4.78, 5) is 28.0. The van der Waals surface area contributed by atoms with Crippen LogP contribution in [0.4, 0.5) is 5.69 Å². The van der Waals surface area contributed by atoms with E-state index in [0.717, 1.165) is 32.8 Å². The summed E-state index contributed by atoms with van der Waals surface area (Å²) in [6.07, 6.45) is 1.05. The van der Waals surface area contributed by atoms with Crippen molar-refractivity contribution in [1.29, 1.82) is 0 Å². The van der Waals surface area contributed by atoms with Gasteiger partial charge in [0.05, 0.1) is 12.8 Å². The topological polar surface area (TPSA) is 86.8 Å². The zero-order valence-corrected chi connectivity index (χ0v) is 19.4. The molecular weight excluding hydrogens is 414 g/mol. The highest BCUT2D eigenvalue weighted by Crippen LogP contribution is 2.32. The molecule has 1 saturated heterocycles. The highest BCUT2D eigenvalue weighted by molar-refractivity contribution is 7.88. The van der Waals surface area contributed by atoms with Gasteiger partial charge in [-0.05, 0) is 56.5 Å². The van der Waals surface area contributed by atoms with Crippen molar-refractivity contribution < 1.29 is 18.0 Å². The molecule has 1 N–H and O–H groups in total. The average molecular weight is 444 g/mol. The molecule has 0 aliphatic carbocycles. The number of sulfonamides is 1. The first-order chi connectivity index (χ1) is 14.4. The van der Waals surface area contributed by atoms with Gasteiger partial charge < -0.3 is 5.32 Å². The molecule has 0 spiro atoms. The standard InChI is InChI=1S/C23H29N3O4S/c1-16-6-8-19(9-7-16)13-24-22(28)23(4)15-25(31(5,29)30)14-21(27)26(23)20-11-17(2)10-18(3)12-20/h6-12H,13-15H2,1-5H3,(H,24,28)/t23-/m0/s1. The van der Waals surface area contributed by atoms with Crippen LogP contribution in [0.2, 0.25) is 0 Å². The van der Waals surface area contributed by atoms with E-state index >= 15 is 0 Å². The van der Waals surface area contributed by atoms with E-state index in [0.29, 0.717) is 5.69 Å². The molecule has 1 atom stereocenters. The predicted molar refractivity (Wildman–Crippen MR) is 121 cm³/mol. The van der Waals surface area contributed by atoms with E-state index in [1.165, 1.54) is 4.90 Å². The summed E-state index contributed by atoms with van der Waals surface area (Å²) in [6, 6.07) is 13.4. The van der Waals surface area contributed by atoms with Crippen molar-refractivity contribution in [2.75, 3.05) is 24.2 Å². The minimum Gasteiger partial charge on any atom is -0.350 e. The van der Waals surface area contributed by atoms with Crippen LogP contribution in [0.15, 0.2) is 42.5 Å². The van der Waals surface area contributed by atoms with Crippen LogP contribution in [0.5, 0.6) is 0 Å². The maximum absolute atomic E-state index is 13.4. The molecule has 1 fully saturated rings. The van der Waals surface area contributed by atoms with Crippen LogP contribution in [0.1, 0.15) is 29.2 Å². The minimum atomic E-state index is -3.65. The van der Waals surface area contributed by atoms with E-state index in [2.05, 4.69) is 5.32 Å². The summed E-state index contributed by atoms with van der Waals surface area (Å²) in [5, 5.41) is 2.90. The molecule has 0 radical (unpaired) electrons. The van der Waals surface area contributed by atoms with Gasteiger partial charge in [0.1, 0.15) is 5.54 Å². The highest BCUT2D eigenvalue weighted by atomic mass is 32.2. The van der Waals surface area contributed by atoms with Crippen LogP contribution < -0.4 is 10.2 Å². The van der Waals surface area contributed by atoms with Crippen LogP contribution in [0, 0.1) is 20.8 Å². The zero-order valence-electron chi connectivity index (χ0n) is 18.6. The number of hydrogen-bond acceptors (Lipinski definition) is 4. The summed E-state index contributed by atoms with van der Waals surface area (Å²) >= 11 is 0. The number of piperazine rings is 1. The number of carbonyl (C=O) groups is 2. The number of amides is 2. The molecule has 1 heterocycles. The SMILES string of the molecule is Cc1ccc(CNC(=O)[C@]2(C)CN(S(C)(=O)=O)CC(=O)N2c2cc(C)cc(C)c2)cc1. The number of nitrogens with zero attached hydrogens (tertiary/aromatic N) is 2. The molecular formula is C23H29N3O4S. The second-order valence-electron chi connectivity index (χ2n) is 8.55. The normalized spacial score (nSPS) is 20.0. The van der Waals surface area contributed by atoms with Crippen molar-refractivity contribution in [3.8, 4) is 0 Å². The first kappa shape index (κ1) is 23.0. The molecule has 8 heteroatoms. The Labute approximate surface area is 184 Å². The van der Waals surface area contributed by atoms with Crippen molar-refractivity contribution in [3.63, 3.8) is 0 Å². The van der Waals surface area contributed by atoms with Crippen LogP contribution in [-0.4, -0.2) is 49.4 Å². The predicted octanol–water partition coefficient (Wildman–Crippen LogP) is 2.30. The number of carbonyl (C=O) groups excluding carboxylic acids is 2. The number of aryl methyl sites for hydroxylation is 3. The largest absolute Gasteiger partial charge is 0.350 e. The van der Waals surface area contributed by atoms with Crippen molar-refractivity contribution >= 4 is 27.5 Å². The number of rotatable bonds is 5. The van der Waals surface area contributed by atoms with Crippen LogP contribution in [0.3, 0.4) is 0 Å². The number of nitrogens with one attached hydrogen (secondary N) is 1. The molecule has 2 aromatic rings. The summed E-state index contributed by atoms with van der Waals surface area (Å²) in [5.41, 5.74) is 3.13. The Balaban J connectivity index is 1.98. The van der Waals surface area contributed by atoms with Crippen molar-refractivity contribution in [1.82, 2.24) is 9.62 Å². The Morgan fingerprint density at radius 2 is 1.61 bits per heavy atom. The fraction of sp³-hybridized carbons (Fsp3) is 0.391. The number of hydrogen-bond donors (Lipinski definition) is 1. The lowest BCUT2D eigenvalue weighted by molar-refractivity contribution is -0.133. The first-order valence-electron chi connectivity index (χ1n) is 10.1. The van der Waals surface area contributed by atoms with E-state index in [-0.39, 0.29) is 19.6 Å². The van der Waals surface area contributed by atoms with Crippen LogP contribution in [-0.2, 0) is 26.2 Å². The number of anilines is 1.